The first-order valence-electron chi connectivity index (χ1n) is 10.2. The van der Waals surface area contributed by atoms with Crippen molar-refractivity contribution in [2.45, 2.75) is 36.0 Å². The van der Waals surface area contributed by atoms with Crippen LogP contribution in [0.2, 0.25) is 0 Å². The van der Waals surface area contributed by atoms with Gasteiger partial charge >= 0.3 is 0 Å². The van der Waals surface area contributed by atoms with Crippen LogP contribution in [0.1, 0.15) is 35.6 Å². The van der Waals surface area contributed by atoms with Gasteiger partial charge in [0.25, 0.3) is 0 Å². The highest BCUT2D eigenvalue weighted by Gasteiger charge is 2.21. The van der Waals surface area contributed by atoms with Crippen molar-refractivity contribution in [3.8, 4) is 5.75 Å². The van der Waals surface area contributed by atoms with E-state index in [0.29, 0.717) is 5.11 Å². The summed E-state index contributed by atoms with van der Waals surface area (Å²) in [6.45, 7) is 0. The molecule has 5 heteroatoms. The van der Waals surface area contributed by atoms with Gasteiger partial charge in [-0.25, -0.2) is 0 Å². The van der Waals surface area contributed by atoms with E-state index in [9.17, 15) is 0 Å². The lowest BCUT2D eigenvalue weighted by Crippen LogP contribution is -2.34. The molecule has 2 N–H and O–H groups in total. The molecule has 154 valence electrons. The van der Waals surface area contributed by atoms with Crippen LogP contribution in [-0.2, 0) is 12.2 Å². The highest BCUT2D eigenvalue weighted by Crippen LogP contribution is 2.32. The Bertz CT molecular complexity index is 990. The van der Waals surface area contributed by atoms with Gasteiger partial charge in [0.15, 0.2) is 5.11 Å². The highest BCUT2D eigenvalue weighted by molar-refractivity contribution is 7.98. The van der Waals surface area contributed by atoms with Gasteiger partial charge in [-0.3, -0.25) is 0 Å². The molecule has 0 spiro atoms. The third-order valence-corrected chi connectivity index (χ3v) is 6.63. The summed E-state index contributed by atoms with van der Waals surface area (Å²) in [4.78, 5) is 1.29. The van der Waals surface area contributed by atoms with Crippen LogP contribution in [0.15, 0.2) is 77.7 Å². The van der Waals surface area contributed by atoms with E-state index in [1.54, 1.807) is 7.11 Å². The summed E-state index contributed by atoms with van der Waals surface area (Å²) in [6.07, 6.45) is 3.32. The van der Waals surface area contributed by atoms with E-state index in [1.165, 1.54) is 21.6 Å². The van der Waals surface area contributed by atoms with Crippen LogP contribution in [0.25, 0.3) is 0 Å². The summed E-state index contributed by atoms with van der Waals surface area (Å²) < 4.78 is 5.37. The van der Waals surface area contributed by atoms with Crippen LogP contribution in [0.5, 0.6) is 5.75 Å². The lowest BCUT2D eigenvalue weighted by atomic mass is 9.87. The first-order valence-corrected chi connectivity index (χ1v) is 11.6. The van der Waals surface area contributed by atoms with E-state index < -0.39 is 0 Å². The van der Waals surface area contributed by atoms with E-state index in [4.69, 9.17) is 17.0 Å². The number of rotatable bonds is 6. The van der Waals surface area contributed by atoms with Crippen molar-refractivity contribution in [3.05, 3.63) is 89.5 Å². The molecule has 3 aromatic carbocycles. The smallest absolute Gasteiger partial charge is 0.171 e. The molecular formula is C25H26N2OS2. The molecule has 3 nitrogen and oxygen atoms in total. The number of hydrogen-bond acceptors (Lipinski definition) is 3. The predicted octanol–water partition coefficient (Wildman–Crippen LogP) is 6.35. The maximum Gasteiger partial charge on any atom is 0.171 e. The predicted molar refractivity (Wildman–Crippen MR) is 130 cm³/mol. The van der Waals surface area contributed by atoms with E-state index in [-0.39, 0.29) is 6.04 Å². The Labute approximate surface area is 188 Å². The zero-order valence-electron chi connectivity index (χ0n) is 17.1. The Kier molecular flexibility index (Phi) is 6.92. The maximum atomic E-state index is 5.59. The summed E-state index contributed by atoms with van der Waals surface area (Å²) in [5, 5.41) is 7.49. The van der Waals surface area contributed by atoms with Crippen LogP contribution in [0.3, 0.4) is 0 Å². The number of fused-ring (bicyclic) bond motifs is 1. The molecule has 0 saturated heterocycles. The molecule has 0 amide bonds. The number of ether oxygens (including phenoxy) is 1. The summed E-state index contributed by atoms with van der Waals surface area (Å²) in [6, 6.07) is 25.5. The average Bonchev–Trinajstić information content (AvgIpc) is 2.79. The van der Waals surface area contributed by atoms with Gasteiger partial charge in [0.1, 0.15) is 5.75 Å². The quantitative estimate of drug-likeness (QED) is 0.349. The number of methoxy groups -OCH3 is 1. The van der Waals surface area contributed by atoms with Gasteiger partial charge in [-0.05, 0) is 84.6 Å². The number of hydrogen-bond donors (Lipinski definition) is 2. The molecule has 0 saturated carbocycles. The van der Waals surface area contributed by atoms with Gasteiger partial charge in [-0.1, -0.05) is 36.4 Å². The third-order valence-electron chi connectivity index (χ3n) is 5.33. The van der Waals surface area contributed by atoms with E-state index in [2.05, 4.69) is 71.3 Å². The van der Waals surface area contributed by atoms with Gasteiger partial charge in [-0.2, -0.15) is 0 Å². The standard InChI is InChI=1S/C25H26N2OS2/c1-28-21-14-15-23-19(16-21)6-5-9-24(23)27-25(29)26-20-12-10-18(11-13-20)17-30-22-7-3-2-4-8-22/h2-4,7-8,10-16,24H,5-6,9,17H2,1H3,(H2,26,27,29)/t24-/m0/s1. The van der Waals surface area contributed by atoms with Crippen LogP contribution in [0.4, 0.5) is 5.69 Å². The highest BCUT2D eigenvalue weighted by atomic mass is 32.2. The van der Waals surface area contributed by atoms with Gasteiger partial charge in [0.2, 0.25) is 0 Å². The second-order valence-corrected chi connectivity index (χ2v) is 8.86. The van der Waals surface area contributed by atoms with E-state index in [1.807, 2.05) is 23.9 Å². The number of nitrogens with one attached hydrogen (secondary N) is 2. The van der Waals surface area contributed by atoms with Crippen molar-refractivity contribution in [1.29, 1.82) is 0 Å². The summed E-state index contributed by atoms with van der Waals surface area (Å²) in [5.41, 5.74) is 4.97. The monoisotopic (exact) mass is 434 g/mol. The van der Waals surface area contributed by atoms with Gasteiger partial charge in [0.05, 0.1) is 13.2 Å². The minimum absolute atomic E-state index is 0.237. The van der Waals surface area contributed by atoms with Crippen molar-refractivity contribution >= 4 is 34.8 Å². The second kappa shape index (κ2) is 10.0. The Morgan fingerprint density at radius 3 is 2.63 bits per heavy atom. The number of anilines is 1. The molecule has 0 aliphatic heterocycles. The van der Waals surface area contributed by atoms with Crippen molar-refractivity contribution in [1.82, 2.24) is 5.32 Å². The molecule has 4 rings (SSSR count). The lowest BCUT2D eigenvalue weighted by Gasteiger charge is -2.28. The van der Waals surface area contributed by atoms with Gasteiger partial charge in [0, 0.05) is 16.3 Å². The van der Waals surface area contributed by atoms with Crippen LogP contribution in [0, 0.1) is 0 Å². The van der Waals surface area contributed by atoms with Crippen molar-refractivity contribution in [3.63, 3.8) is 0 Å². The molecule has 0 radical (unpaired) electrons. The summed E-state index contributed by atoms with van der Waals surface area (Å²) in [5.74, 6) is 1.87. The molecule has 0 bridgehead atoms. The fourth-order valence-electron chi connectivity index (χ4n) is 3.76. The van der Waals surface area contributed by atoms with Gasteiger partial charge < -0.3 is 15.4 Å². The molecule has 3 aromatic rings. The zero-order valence-corrected chi connectivity index (χ0v) is 18.7. The van der Waals surface area contributed by atoms with E-state index in [0.717, 1.165) is 36.5 Å². The third kappa shape index (κ3) is 5.35. The maximum absolute atomic E-state index is 5.59. The van der Waals surface area contributed by atoms with Crippen LogP contribution < -0.4 is 15.4 Å². The van der Waals surface area contributed by atoms with Crippen molar-refractivity contribution in [2.75, 3.05) is 12.4 Å². The van der Waals surface area contributed by atoms with Gasteiger partial charge in [-0.15, -0.1) is 11.8 Å². The first kappa shape index (κ1) is 20.8. The molecular weight excluding hydrogens is 408 g/mol. The zero-order chi connectivity index (χ0) is 20.8. The molecule has 0 heterocycles. The second-order valence-electron chi connectivity index (χ2n) is 7.41. The molecule has 0 fully saturated rings. The lowest BCUT2D eigenvalue weighted by molar-refractivity contribution is 0.412. The van der Waals surface area contributed by atoms with Crippen LogP contribution >= 0.6 is 24.0 Å². The number of thiocarbonyl (C=S) groups is 1. The largest absolute Gasteiger partial charge is 0.497 e. The fourth-order valence-corrected chi connectivity index (χ4v) is 4.90. The number of benzene rings is 3. The molecule has 1 atom stereocenters. The van der Waals surface area contributed by atoms with Crippen LogP contribution in [-0.4, -0.2) is 12.2 Å². The topological polar surface area (TPSA) is 33.3 Å². The first-order chi connectivity index (χ1) is 14.7. The molecule has 0 unspecified atom stereocenters. The van der Waals surface area contributed by atoms with Crippen molar-refractivity contribution < 1.29 is 4.74 Å². The average molecular weight is 435 g/mol. The minimum atomic E-state index is 0.237. The minimum Gasteiger partial charge on any atom is -0.497 e. The molecule has 1 aliphatic rings. The Hall–Kier alpha value is -2.50. The molecule has 1 aliphatic carbocycles. The molecule has 0 aromatic heterocycles. The Morgan fingerprint density at radius 2 is 1.87 bits per heavy atom. The Balaban J connectivity index is 1.32. The number of aryl methyl sites for hydroxylation is 1. The number of thioether (sulfide) groups is 1. The van der Waals surface area contributed by atoms with Crippen molar-refractivity contribution in [2.24, 2.45) is 0 Å². The SMILES string of the molecule is COc1ccc2c(c1)CCC[C@@H]2NC(=S)Nc1ccc(CSc2ccccc2)cc1. The summed E-state index contributed by atoms with van der Waals surface area (Å²) in [7, 11) is 1.71. The van der Waals surface area contributed by atoms with E-state index >= 15 is 0 Å². The molecule has 30 heavy (non-hydrogen) atoms. The fraction of sp³-hybridized carbons (Fsp3) is 0.240. The Morgan fingerprint density at radius 1 is 1.07 bits per heavy atom. The summed E-state index contributed by atoms with van der Waals surface area (Å²) >= 11 is 7.44. The normalized spacial score (nSPS) is 15.2.